The number of aromatic nitrogens is 2. The second-order valence-corrected chi connectivity index (χ2v) is 7.49. The lowest BCUT2D eigenvalue weighted by atomic mass is 9.71. The zero-order valence-electron chi connectivity index (χ0n) is 14.9. The van der Waals surface area contributed by atoms with Crippen molar-refractivity contribution in [1.29, 1.82) is 0 Å². The van der Waals surface area contributed by atoms with Gasteiger partial charge in [0.25, 0.3) is 5.91 Å². The summed E-state index contributed by atoms with van der Waals surface area (Å²) in [6.07, 6.45) is 10.4. The fourth-order valence-electron chi connectivity index (χ4n) is 4.32. The summed E-state index contributed by atoms with van der Waals surface area (Å²) in [4.78, 5) is 21.3. The first-order chi connectivity index (χ1) is 12.2. The lowest BCUT2D eigenvalue weighted by Crippen LogP contribution is -2.48. The number of carbonyl (C=O) groups excluding carboxylic acids is 1. The van der Waals surface area contributed by atoms with Gasteiger partial charge in [-0.1, -0.05) is 0 Å². The summed E-state index contributed by atoms with van der Waals surface area (Å²) < 4.78 is 1.92. The molecule has 0 radical (unpaired) electrons. The summed E-state index contributed by atoms with van der Waals surface area (Å²) in [6.45, 7) is 3.99. The molecule has 2 fully saturated rings. The summed E-state index contributed by atoms with van der Waals surface area (Å²) >= 11 is 0. The molecule has 2 aromatic rings. The van der Waals surface area contributed by atoms with E-state index in [9.17, 15) is 4.79 Å². The van der Waals surface area contributed by atoms with E-state index in [1.165, 1.54) is 18.5 Å². The summed E-state index contributed by atoms with van der Waals surface area (Å²) in [5.41, 5.74) is 2.50. The topological polar surface area (TPSA) is 41.4 Å². The number of rotatable bonds is 2. The third-order valence-corrected chi connectivity index (χ3v) is 6.13. The van der Waals surface area contributed by atoms with Gasteiger partial charge in [0.1, 0.15) is 5.69 Å². The highest BCUT2D eigenvalue weighted by atomic mass is 16.2. The molecular formula is C20H26N4O. The maximum Gasteiger partial charge on any atom is 0.270 e. The molecule has 2 aliphatic rings. The first-order valence-electron chi connectivity index (χ1n) is 9.23. The SMILES string of the molecule is Cn1cccc1C(=O)N1CCC2(CC1)CCN(c1ccncc1)CC2. The number of aryl methyl sites for hydroxylation is 1. The van der Waals surface area contributed by atoms with E-state index in [0.29, 0.717) is 5.41 Å². The molecule has 0 N–H and O–H groups in total. The predicted molar refractivity (Wildman–Crippen MR) is 98.7 cm³/mol. The molecule has 0 aliphatic carbocycles. The van der Waals surface area contributed by atoms with Gasteiger partial charge in [0, 0.05) is 57.5 Å². The average molecular weight is 338 g/mol. The van der Waals surface area contributed by atoms with Crippen LogP contribution in [0.15, 0.2) is 42.9 Å². The van der Waals surface area contributed by atoms with Gasteiger partial charge in [0.15, 0.2) is 0 Å². The van der Waals surface area contributed by atoms with E-state index < -0.39 is 0 Å². The van der Waals surface area contributed by atoms with Crippen LogP contribution in [0.5, 0.6) is 0 Å². The lowest BCUT2D eigenvalue weighted by Gasteiger charge is -2.47. The van der Waals surface area contributed by atoms with Gasteiger partial charge < -0.3 is 14.4 Å². The van der Waals surface area contributed by atoms with Crippen LogP contribution in [0.3, 0.4) is 0 Å². The van der Waals surface area contributed by atoms with Crippen LogP contribution in [-0.2, 0) is 7.05 Å². The van der Waals surface area contributed by atoms with Crippen LogP contribution in [0.25, 0.3) is 0 Å². The molecule has 5 nitrogen and oxygen atoms in total. The molecule has 25 heavy (non-hydrogen) atoms. The molecule has 1 amide bonds. The fourth-order valence-corrected chi connectivity index (χ4v) is 4.32. The number of hydrogen-bond donors (Lipinski definition) is 0. The second-order valence-electron chi connectivity index (χ2n) is 7.49. The van der Waals surface area contributed by atoms with Crippen LogP contribution in [0, 0.1) is 5.41 Å². The third kappa shape index (κ3) is 3.15. The Morgan fingerprint density at radius 3 is 2.24 bits per heavy atom. The Balaban J connectivity index is 1.35. The van der Waals surface area contributed by atoms with Crippen LogP contribution >= 0.6 is 0 Å². The maximum absolute atomic E-state index is 12.7. The average Bonchev–Trinajstić information content (AvgIpc) is 3.09. The van der Waals surface area contributed by atoms with Crippen molar-refractivity contribution in [2.24, 2.45) is 12.5 Å². The molecule has 0 bridgehead atoms. The van der Waals surface area contributed by atoms with Crippen molar-refractivity contribution in [2.45, 2.75) is 25.7 Å². The zero-order chi connectivity index (χ0) is 17.3. The van der Waals surface area contributed by atoms with Crippen LogP contribution in [0.4, 0.5) is 5.69 Å². The Morgan fingerprint density at radius 2 is 1.64 bits per heavy atom. The monoisotopic (exact) mass is 338 g/mol. The van der Waals surface area contributed by atoms with E-state index in [4.69, 9.17) is 0 Å². The molecule has 0 atom stereocenters. The Labute approximate surface area is 149 Å². The highest BCUT2D eigenvalue weighted by Gasteiger charge is 2.38. The number of anilines is 1. The van der Waals surface area contributed by atoms with Crippen molar-refractivity contribution < 1.29 is 4.79 Å². The maximum atomic E-state index is 12.7. The van der Waals surface area contributed by atoms with Gasteiger partial charge in [-0.2, -0.15) is 0 Å². The second kappa shape index (κ2) is 6.54. The summed E-state index contributed by atoms with van der Waals surface area (Å²) in [5, 5.41) is 0. The number of hydrogen-bond acceptors (Lipinski definition) is 3. The molecule has 1 spiro atoms. The van der Waals surface area contributed by atoms with Crippen molar-refractivity contribution in [3.8, 4) is 0 Å². The quantitative estimate of drug-likeness (QED) is 0.845. The number of carbonyl (C=O) groups is 1. The number of nitrogens with zero attached hydrogens (tertiary/aromatic N) is 4. The molecule has 4 heterocycles. The van der Waals surface area contributed by atoms with Crippen LogP contribution in [-0.4, -0.2) is 46.5 Å². The van der Waals surface area contributed by atoms with Crippen LogP contribution in [0.1, 0.15) is 36.2 Å². The van der Waals surface area contributed by atoms with Gasteiger partial charge in [0.05, 0.1) is 0 Å². The van der Waals surface area contributed by atoms with E-state index in [-0.39, 0.29) is 5.91 Å². The highest BCUT2D eigenvalue weighted by molar-refractivity contribution is 5.92. The van der Waals surface area contributed by atoms with E-state index >= 15 is 0 Å². The van der Waals surface area contributed by atoms with Gasteiger partial charge in [0.2, 0.25) is 0 Å². The fraction of sp³-hybridized carbons (Fsp3) is 0.500. The van der Waals surface area contributed by atoms with E-state index in [0.717, 1.165) is 44.7 Å². The van der Waals surface area contributed by atoms with Gasteiger partial charge in [-0.3, -0.25) is 9.78 Å². The standard InChI is InChI=1S/C20H26N4O/c1-22-12-2-3-18(22)19(25)24-15-8-20(9-16-24)6-13-23(14-7-20)17-4-10-21-11-5-17/h2-5,10-12H,6-9,13-16H2,1H3. The Hall–Kier alpha value is -2.30. The van der Waals surface area contributed by atoms with Crippen LogP contribution < -0.4 is 4.90 Å². The zero-order valence-corrected chi connectivity index (χ0v) is 14.9. The van der Waals surface area contributed by atoms with Gasteiger partial charge >= 0.3 is 0 Å². The van der Waals surface area contributed by atoms with Crippen molar-refractivity contribution >= 4 is 11.6 Å². The van der Waals surface area contributed by atoms with Crippen LogP contribution in [0.2, 0.25) is 0 Å². The minimum absolute atomic E-state index is 0.177. The molecule has 132 valence electrons. The first kappa shape index (κ1) is 16.2. The molecule has 2 saturated heterocycles. The molecule has 2 aromatic heterocycles. The van der Waals surface area contributed by atoms with Gasteiger partial charge in [-0.05, 0) is 55.4 Å². The molecule has 2 aliphatic heterocycles. The molecule has 0 aromatic carbocycles. The van der Waals surface area contributed by atoms with E-state index in [1.54, 1.807) is 0 Å². The minimum atomic E-state index is 0.177. The Bertz CT molecular complexity index is 721. The van der Waals surface area contributed by atoms with Crippen molar-refractivity contribution in [3.63, 3.8) is 0 Å². The molecule has 0 unspecified atom stereocenters. The van der Waals surface area contributed by atoms with Gasteiger partial charge in [-0.25, -0.2) is 0 Å². The molecular weight excluding hydrogens is 312 g/mol. The molecule has 0 saturated carbocycles. The Kier molecular flexibility index (Phi) is 4.24. The molecule has 4 rings (SSSR count). The largest absolute Gasteiger partial charge is 0.371 e. The Morgan fingerprint density at radius 1 is 1.00 bits per heavy atom. The number of amides is 1. The lowest BCUT2D eigenvalue weighted by molar-refractivity contribution is 0.0507. The number of pyridine rings is 1. The normalized spacial score (nSPS) is 20.0. The van der Waals surface area contributed by atoms with E-state index in [2.05, 4.69) is 22.0 Å². The minimum Gasteiger partial charge on any atom is -0.371 e. The summed E-state index contributed by atoms with van der Waals surface area (Å²) in [5.74, 6) is 0.177. The molecule has 5 heteroatoms. The van der Waals surface area contributed by atoms with Crippen molar-refractivity contribution in [1.82, 2.24) is 14.5 Å². The van der Waals surface area contributed by atoms with Crippen molar-refractivity contribution in [2.75, 3.05) is 31.1 Å². The van der Waals surface area contributed by atoms with Crippen molar-refractivity contribution in [3.05, 3.63) is 48.5 Å². The summed E-state index contributed by atoms with van der Waals surface area (Å²) in [7, 11) is 1.94. The van der Waals surface area contributed by atoms with E-state index in [1.807, 2.05) is 47.2 Å². The third-order valence-electron chi connectivity index (χ3n) is 6.13. The number of piperidine rings is 2. The van der Waals surface area contributed by atoms with Gasteiger partial charge in [-0.15, -0.1) is 0 Å². The summed E-state index contributed by atoms with van der Waals surface area (Å²) in [6, 6.07) is 8.05. The first-order valence-corrected chi connectivity index (χ1v) is 9.23. The highest BCUT2D eigenvalue weighted by Crippen LogP contribution is 2.42. The smallest absolute Gasteiger partial charge is 0.270 e. The number of likely N-dealkylation sites (tertiary alicyclic amines) is 1. The predicted octanol–water partition coefficient (Wildman–Crippen LogP) is 2.94.